The lowest BCUT2D eigenvalue weighted by atomic mass is 9.90. The Bertz CT molecular complexity index is 528. The van der Waals surface area contributed by atoms with Gasteiger partial charge in [0.05, 0.1) is 18.1 Å². The van der Waals surface area contributed by atoms with Crippen LogP contribution >= 0.6 is 15.9 Å². The maximum absolute atomic E-state index is 11.4. The van der Waals surface area contributed by atoms with Crippen LogP contribution in [0.1, 0.15) is 36.2 Å². The highest BCUT2D eigenvalue weighted by Crippen LogP contribution is 2.21. The van der Waals surface area contributed by atoms with Crippen molar-refractivity contribution in [2.75, 3.05) is 13.7 Å². The molecule has 1 aromatic carbocycles. The largest absolute Gasteiger partial charge is 0.481 e. The van der Waals surface area contributed by atoms with Gasteiger partial charge in [-0.15, -0.1) is 0 Å². The van der Waals surface area contributed by atoms with Gasteiger partial charge >= 0.3 is 11.9 Å². The SMILES string of the molecule is COC(=O)c1ccc(CNCCC(C)(C)C(=O)O)c(Br)c1. The third-order valence-electron chi connectivity index (χ3n) is 3.30. The van der Waals surface area contributed by atoms with Gasteiger partial charge in [0.1, 0.15) is 0 Å². The van der Waals surface area contributed by atoms with Crippen LogP contribution in [0.5, 0.6) is 0 Å². The van der Waals surface area contributed by atoms with Gasteiger partial charge in [-0.25, -0.2) is 4.79 Å². The molecule has 0 bridgehead atoms. The van der Waals surface area contributed by atoms with E-state index in [2.05, 4.69) is 26.0 Å². The lowest BCUT2D eigenvalue weighted by Crippen LogP contribution is -2.28. The molecular formula is C15H20BrNO4. The number of halogens is 1. The first-order chi connectivity index (χ1) is 9.77. The van der Waals surface area contributed by atoms with Crippen LogP contribution in [0.25, 0.3) is 0 Å². The topological polar surface area (TPSA) is 75.6 Å². The van der Waals surface area contributed by atoms with Crippen LogP contribution in [0.2, 0.25) is 0 Å². The lowest BCUT2D eigenvalue weighted by Gasteiger charge is -2.19. The summed E-state index contributed by atoms with van der Waals surface area (Å²) in [7, 11) is 1.34. The predicted octanol–water partition coefficient (Wildman–Crippen LogP) is 2.83. The van der Waals surface area contributed by atoms with Crippen molar-refractivity contribution in [3.05, 3.63) is 33.8 Å². The molecule has 0 spiro atoms. The van der Waals surface area contributed by atoms with Gasteiger partial charge in [0.25, 0.3) is 0 Å². The third kappa shape index (κ3) is 5.13. The van der Waals surface area contributed by atoms with Gasteiger partial charge in [0.2, 0.25) is 0 Å². The molecular weight excluding hydrogens is 338 g/mol. The number of nitrogens with one attached hydrogen (secondary N) is 1. The maximum Gasteiger partial charge on any atom is 0.337 e. The minimum Gasteiger partial charge on any atom is -0.481 e. The molecule has 1 aromatic rings. The van der Waals surface area contributed by atoms with Crippen LogP contribution in [-0.4, -0.2) is 30.7 Å². The highest BCUT2D eigenvalue weighted by molar-refractivity contribution is 9.10. The van der Waals surface area contributed by atoms with Crippen molar-refractivity contribution in [3.8, 4) is 0 Å². The molecule has 0 amide bonds. The monoisotopic (exact) mass is 357 g/mol. The number of benzene rings is 1. The van der Waals surface area contributed by atoms with Gasteiger partial charge in [0.15, 0.2) is 0 Å². The molecule has 0 atom stereocenters. The third-order valence-corrected chi connectivity index (χ3v) is 4.03. The first-order valence-corrected chi connectivity index (χ1v) is 7.38. The minimum absolute atomic E-state index is 0.376. The van der Waals surface area contributed by atoms with Gasteiger partial charge in [-0.05, 0) is 44.5 Å². The molecule has 2 N–H and O–H groups in total. The number of ether oxygens (including phenoxy) is 1. The first kappa shape index (κ1) is 17.7. The van der Waals surface area contributed by atoms with Crippen LogP contribution in [-0.2, 0) is 16.1 Å². The molecule has 0 aliphatic carbocycles. The Kier molecular flexibility index (Phi) is 6.36. The number of methoxy groups -OCH3 is 1. The van der Waals surface area contributed by atoms with E-state index >= 15 is 0 Å². The zero-order valence-electron chi connectivity index (χ0n) is 12.4. The zero-order chi connectivity index (χ0) is 16.0. The highest BCUT2D eigenvalue weighted by Gasteiger charge is 2.26. The summed E-state index contributed by atoms with van der Waals surface area (Å²) in [5, 5.41) is 12.2. The summed E-state index contributed by atoms with van der Waals surface area (Å²) in [5.41, 5.74) is 0.745. The fraction of sp³-hybridized carbons (Fsp3) is 0.467. The normalized spacial score (nSPS) is 11.2. The Balaban J connectivity index is 2.53. The lowest BCUT2D eigenvalue weighted by molar-refractivity contribution is -0.147. The van der Waals surface area contributed by atoms with Crippen LogP contribution in [0.3, 0.4) is 0 Å². The maximum atomic E-state index is 11.4. The van der Waals surface area contributed by atoms with E-state index < -0.39 is 11.4 Å². The molecule has 5 nitrogen and oxygen atoms in total. The molecule has 21 heavy (non-hydrogen) atoms. The molecule has 0 aromatic heterocycles. The highest BCUT2D eigenvalue weighted by atomic mass is 79.9. The van der Waals surface area contributed by atoms with Crippen LogP contribution in [0, 0.1) is 5.41 Å². The molecule has 0 unspecified atom stereocenters. The van der Waals surface area contributed by atoms with Crippen molar-refractivity contribution in [1.82, 2.24) is 5.32 Å². The second-order valence-electron chi connectivity index (χ2n) is 5.41. The van der Waals surface area contributed by atoms with E-state index in [-0.39, 0.29) is 5.97 Å². The number of rotatable bonds is 7. The van der Waals surface area contributed by atoms with E-state index in [1.54, 1.807) is 26.0 Å². The Morgan fingerprint density at radius 2 is 2.05 bits per heavy atom. The molecule has 0 heterocycles. The van der Waals surface area contributed by atoms with Crippen molar-refractivity contribution in [2.45, 2.75) is 26.8 Å². The van der Waals surface area contributed by atoms with Crippen molar-refractivity contribution < 1.29 is 19.4 Å². The summed E-state index contributed by atoms with van der Waals surface area (Å²) >= 11 is 3.42. The van der Waals surface area contributed by atoms with Crippen LogP contribution in [0.4, 0.5) is 0 Å². The van der Waals surface area contributed by atoms with E-state index in [0.29, 0.717) is 25.1 Å². The quantitative estimate of drug-likeness (QED) is 0.579. The van der Waals surface area contributed by atoms with Gasteiger partial charge in [-0.1, -0.05) is 22.0 Å². The van der Waals surface area contributed by atoms with Crippen LogP contribution in [0.15, 0.2) is 22.7 Å². The standard InChI is InChI=1S/C15H20BrNO4/c1-15(2,14(19)20)6-7-17-9-11-5-4-10(8-12(11)16)13(18)21-3/h4-5,8,17H,6-7,9H2,1-3H3,(H,19,20). The van der Waals surface area contributed by atoms with Gasteiger partial charge < -0.3 is 15.2 Å². The average Bonchev–Trinajstić information content (AvgIpc) is 2.43. The molecule has 116 valence electrons. The number of carbonyl (C=O) groups is 2. The van der Waals surface area contributed by atoms with E-state index in [0.717, 1.165) is 10.0 Å². The second-order valence-corrected chi connectivity index (χ2v) is 6.27. The van der Waals surface area contributed by atoms with E-state index in [1.165, 1.54) is 7.11 Å². The Morgan fingerprint density at radius 1 is 1.38 bits per heavy atom. The number of carbonyl (C=O) groups excluding carboxylic acids is 1. The van der Waals surface area contributed by atoms with Crippen molar-refractivity contribution in [1.29, 1.82) is 0 Å². The fourth-order valence-corrected chi connectivity index (χ4v) is 2.19. The van der Waals surface area contributed by atoms with E-state index in [4.69, 9.17) is 5.11 Å². The predicted molar refractivity (Wildman–Crippen MR) is 83.2 cm³/mol. The summed E-state index contributed by atoms with van der Waals surface area (Å²) in [6.07, 6.45) is 0.542. The summed E-state index contributed by atoms with van der Waals surface area (Å²) in [6, 6.07) is 5.25. The van der Waals surface area contributed by atoms with Gasteiger partial charge in [-0.2, -0.15) is 0 Å². The molecule has 0 radical (unpaired) electrons. The van der Waals surface area contributed by atoms with E-state index in [1.807, 2.05) is 6.07 Å². The minimum atomic E-state index is -0.798. The first-order valence-electron chi connectivity index (χ1n) is 6.59. The van der Waals surface area contributed by atoms with E-state index in [9.17, 15) is 9.59 Å². The average molecular weight is 358 g/mol. The second kappa shape index (κ2) is 7.56. The van der Waals surface area contributed by atoms with Crippen molar-refractivity contribution in [2.24, 2.45) is 5.41 Å². The molecule has 1 rings (SSSR count). The zero-order valence-corrected chi connectivity index (χ0v) is 14.0. The summed E-state index contributed by atoms with van der Waals surface area (Å²) in [5.74, 6) is -1.17. The number of hydrogen-bond acceptors (Lipinski definition) is 4. The summed E-state index contributed by atoms with van der Waals surface area (Å²) < 4.78 is 5.47. The van der Waals surface area contributed by atoms with Gasteiger partial charge in [-0.3, -0.25) is 4.79 Å². The Morgan fingerprint density at radius 3 is 2.57 bits per heavy atom. The molecule has 0 fully saturated rings. The number of carboxylic acids is 1. The molecule has 0 aliphatic heterocycles. The Hall–Kier alpha value is -1.40. The van der Waals surface area contributed by atoms with Crippen LogP contribution < -0.4 is 5.32 Å². The molecule has 0 saturated carbocycles. The summed E-state index contributed by atoms with van der Waals surface area (Å²) in [4.78, 5) is 22.4. The summed E-state index contributed by atoms with van der Waals surface area (Å²) in [6.45, 7) is 4.61. The fourth-order valence-electron chi connectivity index (χ4n) is 1.67. The molecule has 0 saturated heterocycles. The number of esters is 1. The smallest absolute Gasteiger partial charge is 0.337 e. The van der Waals surface area contributed by atoms with Crippen molar-refractivity contribution >= 4 is 27.9 Å². The molecule has 0 aliphatic rings. The number of hydrogen-bond donors (Lipinski definition) is 2. The van der Waals surface area contributed by atoms with Crippen molar-refractivity contribution in [3.63, 3.8) is 0 Å². The number of aliphatic carboxylic acids is 1. The molecule has 6 heteroatoms. The Labute approximate surface area is 132 Å². The van der Waals surface area contributed by atoms with Gasteiger partial charge in [0, 0.05) is 11.0 Å². The number of carboxylic acid groups (broad SMARTS) is 1.